The highest BCUT2D eigenvalue weighted by Crippen LogP contribution is 2.40. The Labute approximate surface area is 113 Å². The number of hydrogen-bond donors (Lipinski definition) is 1. The van der Waals surface area contributed by atoms with Crippen molar-refractivity contribution in [2.45, 2.75) is 31.4 Å². The van der Waals surface area contributed by atoms with Crippen molar-refractivity contribution in [1.29, 1.82) is 0 Å². The van der Waals surface area contributed by atoms with Crippen LogP contribution < -0.4 is 10.6 Å². The van der Waals surface area contributed by atoms with Crippen LogP contribution in [0.1, 0.15) is 26.7 Å². The van der Waals surface area contributed by atoms with Crippen LogP contribution in [0.4, 0.5) is 11.4 Å². The number of nitrogens with two attached hydrogens (primary N) is 1. The summed E-state index contributed by atoms with van der Waals surface area (Å²) in [6, 6.07) is 7.52. The third-order valence-corrected chi connectivity index (χ3v) is 4.95. The Hall–Kier alpha value is -1.16. The van der Waals surface area contributed by atoms with Gasteiger partial charge in [0.2, 0.25) is 5.91 Å². The maximum absolute atomic E-state index is 12.7. The first-order valence-corrected chi connectivity index (χ1v) is 7.37. The first kappa shape index (κ1) is 13.3. The summed E-state index contributed by atoms with van der Waals surface area (Å²) in [4.78, 5) is 14.5. The van der Waals surface area contributed by atoms with Gasteiger partial charge in [-0.15, -0.1) is 11.8 Å². The Morgan fingerprint density at radius 2 is 2.11 bits per heavy atom. The Morgan fingerprint density at radius 3 is 2.61 bits per heavy atom. The molecule has 0 bridgehead atoms. The number of nitrogens with zero attached hydrogens (tertiary/aromatic N) is 1. The summed E-state index contributed by atoms with van der Waals surface area (Å²) in [6.07, 6.45) is 2.11. The second-order valence-corrected chi connectivity index (χ2v) is 6.42. The molecule has 1 aromatic carbocycles. The van der Waals surface area contributed by atoms with Gasteiger partial charge in [-0.05, 0) is 56.7 Å². The van der Waals surface area contributed by atoms with Crippen LogP contribution in [0, 0.1) is 0 Å². The van der Waals surface area contributed by atoms with Gasteiger partial charge in [0.1, 0.15) is 0 Å². The Kier molecular flexibility index (Phi) is 3.85. The lowest BCUT2D eigenvalue weighted by atomic mass is 10.0. The predicted molar refractivity (Wildman–Crippen MR) is 79.0 cm³/mol. The van der Waals surface area contributed by atoms with Crippen molar-refractivity contribution in [2.24, 2.45) is 0 Å². The zero-order valence-corrected chi connectivity index (χ0v) is 11.8. The Morgan fingerprint density at radius 1 is 1.44 bits per heavy atom. The van der Waals surface area contributed by atoms with Gasteiger partial charge in [0.05, 0.1) is 4.75 Å². The molecule has 1 amide bonds. The number of thioether (sulfide) groups is 1. The van der Waals surface area contributed by atoms with Crippen LogP contribution in [-0.4, -0.2) is 23.0 Å². The molecular formula is C14H20N2OS. The first-order valence-electron chi connectivity index (χ1n) is 6.38. The Bertz CT molecular complexity index is 424. The van der Waals surface area contributed by atoms with Crippen molar-refractivity contribution < 1.29 is 4.79 Å². The van der Waals surface area contributed by atoms with E-state index in [4.69, 9.17) is 5.73 Å². The quantitative estimate of drug-likeness (QED) is 0.854. The van der Waals surface area contributed by atoms with Gasteiger partial charge < -0.3 is 10.6 Å². The third kappa shape index (κ3) is 2.48. The molecule has 18 heavy (non-hydrogen) atoms. The highest BCUT2D eigenvalue weighted by Gasteiger charge is 2.40. The van der Waals surface area contributed by atoms with Crippen molar-refractivity contribution in [3.63, 3.8) is 0 Å². The monoisotopic (exact) mass is 264 g/mol. The second-order valence-electron chi connectivity index (χ2n) is 4.82. The van der Waals surface area contributed by atoms with Crippen molar-refractivity contribution in [3.8, 4) is 0 Å². The van der Waals surface area contributed by atoms with Gasteiger partial charge in [-0.2, -0.15) is 0 Å². The summed E-state index contributed by atoms with van der Waals surface area (Å²) in [5.74, 6) is 1.30. The van der Waals surface area contributed by atoms with Crippen molar-refractivity contribution in [1.82, 2.24) is 0 Å². The summed E-state index contributed by atoms with van der Waals surface area (Å²) in [5, 5.41) is 0. The fourth-order valence-corrected chi connectivity index (χ4v) is 3.59. The molecule has 1 fully saturated rings. The highest BCUT2D eigenvalue weighted by atomic mass is 32.2. The minimum absolute atomic E-state index is 0.220. The smallest absolute Gasteiger partial charge is 0.242 e. The molecule has 1 aliphatic rings. The molecule has 98 valence electrons. The fraction of sp³-hybridized carbons (Fsp3) is 0.500. The maximum Gasteiger partial charge on any atom is 0.242 e. The number of rotatable bonds is 3. The summed E-state index contributed by atoms with van der Waals surface area (Å²) in [5.41, 5.74) is 7.35. The van der Waals surface area contributed by atoms with Gasteiger partial charge in [-0.1, -0.05) is 0 Å². The first-order chi connectivity index (χ1) is 8.57. The molecular weight excluding hydrogens is 244 g/mol. The molecule has 0 aliphatic carbocycles. The molecule has 1 atom stereocenters. The lowest BCUT2D eigenvalue weighted by molar-refractivity contribution is -0.120. The molecule has 1 saturated heterocycles. The van der Waals surface area contributed by atoms with Crippen LogP contribution in [0.15, 0.2) is 24.3 Å². The van der Waals surface area contributed by atoms with Gasteiger partial charge in [0, 0.05) is 17.9 Å². The van der Waals surface area contributed by atoms with Crippen LogP contribution >= 0.6 is 11.8 Å². The fourth-order valence-electron chi connectivity index (χ4n) is 2.33. The van der Waals surface area contributed by atoms with E-state index in [1.54, 1.807) is 11.8 Å². The number of carbonyl (C=O) groups excluding carboxylic acids is 1. The predicted octanol–water partition coefficient (Wildman–Crippen LogP) is 2.91. The molecule has 3 nitrogen and oxygen atoms in total. The third-order valence-electron chi connectivity index (χ3n) is 3.44. The van der Waals surface area contributed by atoms with E-state index in [-0.39, 0.29) is 10.7 Å². The molecule has 2 rings (SSSR count). The molecule has 1 heterocycles. The van der Waals surface area contributed by atoms with E-state index >= 15 is 0 Å². The van der Waals surface area contributed by atoms with Crippen LogP contribution in [-0.2, 0) is 4.79 Å². The van der Waals surface area contributed by atoms with Crippen LogP contribution in [0.2, 0.25) is 0 Å². The van der Waals surface area contributed by atoms with E-state index in [0.29, 0.717) is 6.54 Å². The van der Waals surface area contributed by atoms with Crippen molar-refractivity contribution >= 4 is 29.0 Å². The van der Waals surface area contributed by atoms with Crippen LogP contribution in [0.5, 0.6) is 0 Å². The summed E-state index contributed by atoms with van der Waals surface area (Å²) in [6.45, 7) is 4.77. The largest absolute Gasteiger partial charge is 0.399 e. The average molecular weight is 264 g/mol. The van der Waals surface area contributed by atoms with Crippen LogP contribution in [0.3, 0.4) is 0 Å². The molecule has 0 aromatic heterocycles. The highest BCUT2D eigenvalue weighted by molar-refractivity contribution is 8.01. The van der Waals surface area contributed by atoms with Gasteiger partial charge in [0.25, 0.3) is 0 Å². The van der Waals surface area contributed by atoms with E-state index < -0.39 is 0 Å². The van der Waals surface area contributed by atoms with E-state index in [1.807, 2.05) is 36.1 Å². The number of benzene rings is 1. The maximum atomic E-state index is 12.7. The minimum Gasteiger partial charge on any atom is -0.399 e. The number of anilines is 2. The van der Waals surface area contributed by atoms with Gasteiger partial charge >= 0.3 is 0 Å². The van der Waals surface area contributed by atoms with Crippen LogP contribution in [0.25, 0.3) is 0 Å². The molecule has 1 unspecified atom stereocenters. The SMILES string of the molecule is CCN(C(=O)C1(C)CCCS1)c1ccc(N)cc1. The molecule has 4 heteroatoms. The Balaban J connectivity index is 2.23. The van der Waals surface area contributed by atoms with E-state index in [2.05, 4.69) is 6.92 Å². The van der Waals surface area contributed by atoms with E-state index in [1.165, 1.54) is 0 Å². The molecule has 1 aromatic rings. The zero-order valence-electron chi connectivity index (χ0n) is 11.0. The molecule has 0 saturated carbocycles. The molecule has 0 spiro atoms. The number of amides is 1. The lowest BCUT2D eigenvalue weighted by Crippen LogP contribution is -2.43. The number of hydrogen-bond acceptors (Lipinski definition) is 3. The molecule has 0 radical (unpaired) electrons. The second kappa shape index (κ2) is 5.22. The summed E-state index contributed by atoms with van der Waals surface area (Å²) >= 11 is 1.78. The lowest BCUT2D eigenvalue weighted by Gasteiger charge is -2.30. The molecule has 1 aliphatic heterocycles. The number of nitrogen functional groups attached to an aromatic ring is 1. The van der Waals surface area contributed by atoms with Crippen molar-refractivity contribution in [2.75, 3.05) is 22.9 Å². The van der Waals surface area contributed by atoms with E-state index in [9.17, 15) is 4.79 Å². The zero-order chi connectivity index (χ0) is 13.2. The number of carbonyl (C=O) groups is 1. The minimum atomic E-state index is -0.253. The molecule has 2 N–H and O–H groups in total. The van der Waals surface area contributed by atoms with Crippen molar-refractivity contribution in [3.05, 3.63) is 24.3 Å². The van der Waals surface area contributed by atoms with Gasteiger partial charge in [0.15, 0.2) is 0 Å². The standard InChI is InChI=1S/C14H20N2OS/c1-3-16(12-7-5-11(15)6-8-12)13(17)14(2)9-4-10-18-14/h5-8H,3-4,9-10,15H2,1-2H3. The van der Waals surface area contributed by atoms with Gasteiger partial charge in [-0.25, -0.2) is 0 Å². The van der Waals surface area contributed by atoms with Gasteiger partial charge in [-0.3, -0.25) is 4.79 Å². The normalized spacial score (nSPS) is 23.0. The summed E-state index contributed by atoms with van der Waals surface area (Å²) in [7, 11) is 0. The summed E-state index contributed by atoms with van der Waals surface area (Å²) < 4.78 is -0.253. The topological polar surface area (TPSA) is 46.3 Å². The van der Waals surface area contributed by atoms with E-state index in [0.717, 1.165) is 30.0 Å². The average Bonchev–Trinajstić information content (AvgIpc) is 2.81.